The summed E-state index contributed by atoms with van der Waals surface area (Å²) in [7, 11) is 0. The lowest BCUT2D eigenvalue weighted by Crippen LogP contribution is -2.17. The first kappa shape index (κ1) is 13.4. The predicted octanol–water partition coefficient (Wildman–Crippen LogP) is 3.48. The van der Waals surface area contributed by atoms with Crippen molar-refractivity contribution in [2.45, 2.75) is 58.0 Å². The number of aryl methyl sites for hydroxylation is 1. The minimum atomic E-state index is 0.130. The van der Waals surface area contributed by atoms with E-state index in [2.05, 4.69) is 22.4 Å². The summed E-state index contributed by atoms with van der Waals surface area (Å²) in [6.07, 6.45) is 4.94. The van der Waals surface area contributed by atoms with Crippen LogP contribution in [0.2, 0.25) is 0 Å². The van der Waals surface area contributed by atoms with Crippen molar-refractivity contribution in [3.05, 3.63) is 35.4 Å². The van der Waals surface area contributed by atoms with Gasteiger partial charge < -0.3 is 8.94 Å². The molecule has 2 heterocycles. The number of hydrogen-bond donors (Lipinski definition) is 1. The van der Waals surface area contributed by atoms with Crippen LogP contribution < -0.4 is 5.32 Å². The monoisotopic (exact) mass is 275 g/mol. The van der Waals surface area contributed by atoms with E-state index < -0.39 is 0 Å². The molecule has 1 saturated carbocycles. The van der Waals surface area contributed by atoms with Crippen LogP contribution in [0.1, 0.15) is 67.8 Å². The van der Waals surface area contributed by atoms with Crippen LogP contribution in [0.25, 0.3) is 0 Å². The van der Waals surface area contributed by atoms with Crippen molar-refractivity contribution >= 4 is 0 Å². The number of furan rings is 1. The molecular formula is C15H21N3O2. The van der Waals surface area contributed by atoms with Gasteiger partial charge in [-0.15, -0.1) is 0 Å². The van der Waals surface area contributed by atoms with E-state index in [0.29, 0.717) is 18.4 Å². The maximum absolute atomic E-state index is 5.59. The molecule has 2 aromatic rings. The Morgan fingerprint density at radius 3 is 2.85 bits per heavy atom. The summed E-state index contributed by atoms with van der Waals surface area (Å²) in [6.45, 7) is 4.58. The van der Waals surface area contributed by atoms with Gasteiger partial charge in [-0.3, -0.25) is 5.32 Å². The fourth-order valence-electron chi connectivity index (χ4n) is 2.72. The van der Waals surface area contributed by atoms with E-state index in [4.69, 9.17) is 8.94 Å². The van der Waals surface area contributed by atoms with E-state index in [9.17, 15) is 0 Å². The van der Waals surface area contributed by atoms with Gasteiger partial charge in [0.2, 0.25) is 5.89 Å². The van der Waals surface area contributed by atoms with Crippen molar-refractivity contribution in [1.82, 2.24) is 15.5 Å². The first-order valence-corrected chi connectivity index (χ1v) is 7.34. The summed E-state index contributed by atoms with van der Waals surface area (Å²) in [4.78, 5) is 4.49. The number of hydrogen-bond acceptors (Lipinski definition) is 5. The van der Waals surface area contributed by atoms with Crippen molar-refractivity contribution < 1.29 is 8.94 Å². The molecule has 1 fully saturated rings. The predicted molar refractivity (Wildman–Crippen MR) is 74.2 cm³/mol. The second-order valence-electron chi connectivity index (χ2n) is 5.58. The zero-order chi connectivity index (χ0) is 13.9. The molecule has 0 aromatic carbocycles. The number of rotatable bonds is 5. The smallest absolute Gasteiger partial charge is 0.240 e. The van der Waals surface area contributed by atoms with Gasteiger partial charge in [0.1, 0.15) is 11.5 Å². The average molecular weight is 275 g/mol. The van der Waals surface area contributed by atoms with Gasteiger partial charge in [0.25, 0.3) is 0 Å². The second kappa shape index (κ2) is 5.79. The normalized spacial score (nSPS) is 17.7. The molecule has 1 aliphatic rings. The molecule has 0 radical (unpaired) electrons. The fraction of sp³-hybridized carbons (Fsp3) is 0.600. The Morgan fingerprint density at radius 1 is 1.35 bits per heavy atom. The van der Waals surface area contributed by atoms with Gasteiger partial charge in [-0.05, 0) is 38.8 Å². The first-order valence-electron chi connectivity index (χ1n) is 7.34. The van der Waals surface area contributed by atoms with Crippen LogP contribution in [0, 0.1) is 6.92 Å². The van der Waals surface area contributed by atoms with E-state index in [0.717, 1.165) is 17.3 Å². The molecule has 3 rings (SSSR count). The number of nitrogens with zero attached hydrogens (tertiary/aromatic N) is 2. The highest BCUT2D eigenvalue weighted by atomic mass is 16.5. The maximum Gasteiger partial charge on any atom is 0.240 e. The SMILES string of the molecule is Cc1ccc([C@@H](C)NCc2nc(C3CCCC3)no2)o1. The fourth-order valence-corrected chi connectivity index (χ4v) is 2.72. The molecule has 5 heteroatoms. The Morgan fingerprint density at radius 2 is 2.15 bits per heavy atom. The van der Waals surface area contributed by atoms with Crippen LogP contribution in [0.4, 0.5) is 0 Å². The Bertz CT molecular complexity index is 555. The molecule has 5 nitrogen and oxygen atoms in total. The van der Waals surface area contributed by atoms with Gasteiger partial charge in [-0.2, -0.15) is 4.98 Å². The molecule has 0 saturated heterocycles. The molecule has 108 valence electrons. The largest absolute Gasteiger partial charge is 0.465 e. The lowest BCUT2D eigenvalue weighted by atomic mass is 10.1. The Kier molecular flexibility index (Phi) is 3.87. The molecule has 2 aromatic heterocycles. The summed E-state index contributed by atoms with van der Waals surface area (Å²) in [5, 5.41) is 7.45. The van der Waals surface area contributed by atoms with Crippen LogP contribution >= 0.6 is 0 Å². The van der Waals surface area contributed by atoms with Crippen molar-refractivity contribution in [3.63, 3.8) is 0 Å². The molecule has 1 aliphatic carbocycles. The van der Waals surface area contributed by atoms with Crippen LogP contribution in [-0.4, -0.2) is 10.1 Å². The van der Waals surface area contributed by atoms with Gasteiger partial charge in [-0.25, -0.2) is 0 Å². The molecule has 0 spiro atoms. The summed E-state index contributed by atoms with van der Waals surface area (Å²) in [5.74, 6) is 3.88. The topological polar surface area (TPSA) is 64.1 Å². The third kappa shape index (κ3) is 2.93. The Hall–Kier alpha value is -1.62. The van der Waals surface area contributed by atoms with Crippen molar-refractivity contribution in [2.24, 2.45) is 0 Å². The van der Waals surface area contributed by atoms with Crippen molar-refractivity contribution in [3.8, 4) is 0 Å². The van der Waals surface area contributed by atoms with Crippen LogP contribution in [0.15, 0.2) is 21.1 Å². The van der Waals surface area contributed by atoms with Crippen LogP contribution in [0.5, 0.6) is 0 Å². The maximum atomic E-state index is 5.59. The Balaban J connectivity index is 1.55. The van der Waals surface area contributed by atoms with Gasteiger partial charge in [-0.1, -0.05) is 18.0 Å². The molecule has 20 heavy (non-hydrogen) atoms. The number of nitrogens with one attached hydrogen (secondary N) is 1. The zero-order valence-electron chi connectivity index (χ0n) is 12.1. The van der Waals surface area contributed by atoms with E-state index in [1.165, 1.54) is 25.7 Å². The van der Waals surface area contributed by atoms with E-state index in [-0.39, 0.29) is 6.04 Å². The average Bonchev–Trinajstić information content (AvgIpc) is 3.16. The minimum absolute atomic E-state index is 0.130. The quantitative estimate of drug-likeness (QED) is 0.905. The van der Waals surface area contributed by atoms with E-state index in [1.807, 2.05) is 19.1 Å². The lowest BCUT2D eigenvalue weighted by Gasteiger charge is -2.08. The van der Waals surface area contributed by atoms with Gasteiger partial charge in [0.15, 0.2) is 5.82 Å². The molecular weight excluding hydrogens is 254 g/mol. The lowest BCUT2D eigenvalue weighted by molar-refractivity contribution is 0.343. The highest BCUT2D eigenvalue weighted by molar-refractivity contribution is 5.09. The van der Waals surface area contributed by atoms with E-state index in [1.54, 1.807) is 0 Å². The highest BCUT2D eigenvalue weighted by Crippen LogP contribution is 2.32. The highest BCUT2D eigenvalue weighted by Gasteiger charge is 2.22. The number of aromatic nitrogens is 2. The Labute approximate surface area is 118 Å². The van der Waals surface area contributed by atoms with Crippen molar-refractivity contribution in [1.29, 1.82) is 0 Å². The second-order valence-corrected chi connectivity index (χ2v) is 5.58. The summed E-state index contributed by atoms with van der Waals surface area (Å²) in [6, 6.07) is 4.09. The third-order valence-electron chi connectivity index (χ3n) is 3.95. The van der Waals surface area contributed by atoms with Crippen molar-refractivity contribution in [2.75, 3.05) is 0 Å². The molecule has 0 amide bonds. The van der Waals surface area contributed by atoms with Crippen LogP contribution in [-0.2, 0) is 6.54 Å². The summed E-state index contributed by atoms with van der Waals surface area (Å²) in [5.41, 5.74) is 0. The molecule has 0 unspecified atom stereocenters. The minimum Gasteiger partial charge on any atom is -0.465 e. The summed E-state index contributed by atoms with van der Waals surface area (Å²) >= 11 is 0. The van der Waals surface area contributed by atoms with Gasteiger partial charge in [0, 0.05) is 5.92 Å². The van der Waals surface area contributed by atoms with Crippen LogP contribution in [0.3, 0.4) is 0 Å². The molecule has 0 bridgehead atoms. The third-order valence-corrected chi connectivity index (χ3v) is 3.95. The van der Waals surface area contributed by atoms with E-state index >= 15 is 0 Å². The molecule has 1 atom stereocenters. The zero-order valence-corrected chi connectivity index (χ0v) is 12.1. The van der Waals surface area contributed by atoms with Gasteiger partial charge in [0.05, 0.1) is 12.6 Å². The summed E-state index contributed by atoms with van der Waals surface area (Å²) < 4.78 is 10.9. The van der Waals surface area contributed by atoms with Gasteiger partial charge >= 0.3 is 0 Å². The standard InChI is InChI=1S/C15H21N3O2/c1-10-7-8-13(19-10)11(2)16-9-14-17-15(18-20-14)12-5-3-4-6-12/h7-8,11-12,16H,3-6,9H2,1-2H3/t11-/m1/s1. The molecule has 1 N–H and O–H groups in total. The first-order chi connectivity index (χ1) is 9.72. The molecule has 0 aliphatic heterocycles.